The van der Waals surface area contributed by atoms with Crippen LogP contribution in [0, 0.1) is 17.1 Å². The Labute approximate surface area is 134 Å². The Kier molecular flexibility index (Phi) is 4.87. The molecule has 0 aliphatic rings. The average molecular weight is 374 g/mol. The van der Waals surface area contributed by atoms with Crippen LogP contribution in [0.2, 0.25) is 10.0 Å². The Morgan fingerprint density at radius 3 is 2.65 bits per heavy atom. The van der Waals surface area contributed by atoms with Crippen LogP contribution in [-0.2, 0) is 6.54 Å². The largest absolute Gasteiger partial charge is 0.380 e. The van der Waals surface area contributed by atoms with Crippen molar-refractivity contribution in [2.24, 2.45) is 0 Å². The molecular formula is C14H8BrCl2FN2. The van der Waals surface area contributed by atoms with Gasteiger partial charge in [0.25, 0.3) is 0 Å². The molecular weight excluding hydrogens is 366 g/mol. The van der Waals surface area contributed by atoms with Crippen molar-refractivity contribution in [3.8, 4) is 6.07 Å². The molecule has 102 valence electrons. The fourth-order valence-electron chi connectivity index (χ4n) is 1.68. The monoisotopic (exact) mass is 372 g/mol. The topological polar surface area (TPSA) is 35.8 Å². The van der Waals surface area contributed by atoms with Crippen LogP contribution in [0.5, 0.6) is 0 Å². The second-order valence-corrected chi connectivity index (χ2v) is 5.65. The van der Waals surface area contributed by atoms with Gasteiger partial charge in [0.05, 0.1) is 27.4 Å². The number of hydrogen-bond acceptors (Lipinski definition) is 2. The summed E-state index contributed by atoms with van der Waals surface area (Å²) in [5.41, 5.74) is 1.57. The fourth-order valence-corrected chi connectivity index (χ4v) is 2.52. The van der Waals surface area contributed by atoms with Gasteiger partial charge >= 0.3 is 0 Å². The number of anilines is 1. The molecule has 2 rings (SSSR count). The Morgan fingerprint density at radius 1 is 1.20 bits per heavy atom. The van der Waals surface area contributed by atoms with Crippen molar-refractivity contribution >= 4 is 44.8 Å². The molecule has 2 aromatic carbocycles. The van der Waals surface area contributed by atoms with E-state index in [0.29, 0.717) is 32.3 Å². The van der Waals surface area contributed by atoms with Crippen molar-refractivity contribution in [1.82, 2.24) is 0 Å². The normalized spacial score (nSPS) is 10.2. The second-order valence-electron chi connectivity index (χ2n) is 4.04. The minimum absolute atomic E-state index is 0.279. The smallest absolute Gasteiger partial charge is 0.124 e. The van der Waals surface area contributed by atoms with Gasteiger partial charge in [-0.25, -0.2) is 4.39 Å². The standard InChI is InChI=1S/C14H8BrCl2FN2/c15-11-1-2-12(14(17)13(11)16)20-7-9-3-8(6-19)4-10(18)5-9/h1-5,20H,7H2. The summed E-state index contributed by atoms with van der Waals surface area (Å²) in [7, 11) is 0. The van der Waals surface area contributed by atoms with E-state index in [1.807, 2.05) is 6.07 Å². The van der Waals surface area contributed by atoms with E-state index in [1.54, 1.807) is 18.2 Å². The molecule has 0 bridgehead atoms. The maximum atomic E-state index is 13.3. The molecule has 0 unspecified atom stereocenters. The lowest BCUT2D eigenvalue weighted by atomic mass is 10.1. The summed E-state index contributed by atoms with van der Waals surface area (Å²) in [4.78, 5) is 0. The highest BCUT2D eigenvalue weighted by Crippen LogP contribution is 2.35. The van der Waals surface area contributed by atoms with Crippen molar-refractivity contribution in [2.75, 3.05) is 5.32 Å². The molecule has 0 spiro atoms. The Bertz CT molecular complexity index is 698. The zero-order chi connectivity index (χ0) is 14.7. The highest BCUT2D eigenvalue weighted by Gasteiger charge is 2.08. The van der Waals surface area contributed by atoms with Crippen LogP contribution in [0.25, 0.3) is 0 Å². The number of nitriles is 1. The first-order valence-corrected chi connectivity index (χ1v) is 7.13. The van der Waals surface area contributed by atoms with Gasteiger partial charge in [-0.05, 0) is 51.8 Å². The molecule has 0 atom stereocenters. The van der Waals surface area contributed by atoms with Gasteiger partial charge in [-0.2, -0.15) is 5.26 Å². The summed E-state index contributed by atoms with van der Waals surface area (Å²) in [6.45, 7) is 0.337. The van der Waals surface area contributed by atoms with Gasteiger partial charge < -0.3 is 5.32 Å². The summed E-state index contributed by atoms with van der Waals surface area (Å²) in [6, 6.07) is 9.61. The van der Waals surface area contributed by atoms with Crippen molar-refractivity contribution in [3.05, 3.63) is 61.8 Å². The molecule has 0 saturated carbocycles. The molecule has 6 heteroatoms. The van der Waals surface area contributed by atoms with Gasteiger partial charge in [-0.3, -0.25) is 0 Å². The van der Waals surface area contributed by atoms with Crippen LogP contribution in [0.3, 0.4) is 0 Å². The molecule has 0 fully saturated rings. The maximum Gasteiger partial charge on any atom is 0.124 e. The van der Waals surface area contributed by atoms with Gasteiger partial charge in [0.2, 0.25) is 0 Å². The zero-order valence-electron chi connectivity index (χ0n) is 10.1. The molecule has 0 aliphatic heterocycles. The van der Waals surface area contributed by atoms with Crippen molar-refractivity contribution in [3.63, 3.8) is 0 Å². The van der Waals surface area contributed by atoms with Crippen LogP contribution < -0.4 is 5.32 Å². The van der Waals surface area contributed by atoms with E-state index < -0.39 is 5.82 Å². The third-order valence-electron chi connectivity index (χ3n) is 2.60. The first-order valence-electron chi connectivity index (χ1n) is 5.58. The first kappa shape index (κ1) is 15.1. The number of benzene rings is 2. The van der Waals surface area contributed by atoms with Crippen molar-refractivity contribution in [1.29, 1.82) is 5.26 Å². The third kappa shape index (κ3) is 3.43. The third-order valence-corrected chi connectivity index (χ3v) is 4.38. The van der Waals surface area contributed by atoms with Crippen molar-refractivity contribution < 1.29 is 4.39 Å². The first-order chi connectivity index (χ1) is 9.51. The lowest BCUT2D eigenvalue weighted by Crippen LogP contribution is -2.01. The Morgan fingerprint density at radius 2 is 1.95 bits per heavy atom. The molecule has 0 aromatic heterocycles. The van der Waals surface area contributed by atoms with Crippen LogP contribution in [-0.4, -0.2) is 0 Å². The van der Waals surface area contributed by atoms with Crippen LogP contribution in [0.1, 0.15) is 11.1 Å². The molecule has 0 aliphatic carbocycles. The molecule has 0 amide bonds. The van der Waals surface area contributed by atoms with Crippen molar-refractivity contribution in [2.45, 2.75) is 6.54 Å². The summed E-state index contributed by atoms with van der Waals surface area (Å²) in [5.74, 6) is -0.444. The van der Waals surface area contributed by atoms with Crippen LogP contribution >= 0.6 is 39.1 Å². The van der Waals surface area contributed by atoms with E-state index in [4.69, 9.17) is 28.5 Å². The second kappa shape index (κ2) is 6.45. The Balaban J connectivity index is 2.19. The highest BCUT2D eigenvalue weighted by molar-refractivity contribution is 9.10. The molecule has 1 N–H and O–H groups in total. The summed E-state index contributed by atoms with van der Waals surface area (Å²) in [6.07, 6.45) is 0. The van der Waals surface area contributed by atoms with Gasteiger partial charge in [0.15, 0.2) is 0 Å². The van der Waals surface area contributed by atoms with Gasteiger partial charge in [-0.15, -0.1) is 0 Å². The zero-order valence-corrected chi connectivity index (χ0v) is 13.2. The van der Waals surface area contributed by atoms with E-state index >= 15 is 0 Å². The maximum absolute atomic E-state index is 13.3. The SMILES string of the molecule is N#Cc1cc(F)cc(CNc2ccc(Br)c(Cl)c2Cl)c1. The summed E-state index contributed by atoms with van der Waals surface area (Å²) in [5, 5.41) is 12.7. The fraction of sp³-hybridized carbons (Fsp3) is 0.0714. The minimum Gasteiger partial charge on any atom is -0.380 e. The Hall–Kier alpha value is -1.28. The van der Waals surface area contributed by atoms with E-state index in [1.165, 1.54) is 12.1 Å². The lowest BCUT2D eigenvalue weighted by molar-refractivity contribution is 0.625. The predicted octanol–water partition coefficient (Wildman–Crippen LogP) is 5.38. The highest BCUT2D eigenvalue weighted by atomic mass is 79.9. The lowest BCUT2D eigenvalue weighted by Gasteiger charge is -2.10. The quantitative estimate of drug-likeness (QED) is 0.733. The molecule has 2 aromatic rings. The molecule has 20 heavy (non-hydrogen) atoms. The number of nitrogens with one attached hydrogen (secondary N) is 1. The summed E-state index contributed by atoms with van der Waals surface area (Å²) < 4.78 is 14.0. The van der Waals surface area contributed by atoms with Gasteiger partial charge in [0, 0.05) is 11.0 Å². The van der Waals surface area contributed by atoms with E-state index in [9.17, 15) is 4.39 Å². The molecule has 2 nitrogen and oxygen atoms in total. The average Bonchev–Trinajstić information content (AvgIpc) is 2.43. The predicted molar refractivity (Wildman–Crippen MR) is 82.6 cm³/mol. The molecule has 0 radical (unpaired) electrons. The number of nitrogens with zero attached hydrogens (tertiary/aromatic N) is 1. The number of halogens is 4. The van der Waals surface area contributed by atoms with Crippen LogP contribution in [0.15, 0.2) is 34.8 Å². The molecule has 0 saturated heterocycles. The molecule has 0 heterocycles. The number of rotatable bonds is 3. The van der Waals surface area contributed by atoms with Gasteiger partial charge in [0.1, 0.15) is 5.82 Å². The summed E-state index contributed by atoms with van der Waals surface area (Å²) >= 11 is 15.4. The van der Waals surface area contributed by atoms with Crippen LogP contribution in [0.4, 0.5) is 10.1 Å². The van der Waals surface area contributed by atoms with E-state index in [2.05, 4.69) is 21.2 Å². The number of hydrogen-bond donors (Lipinski definition) is 1. The van der Waals surface area contributed by atoms with E-state index in [0.717, 1.165) is 0 Å². The van der Waals surface area contributed by atoms with Gasteiger partial charge in [-0.1, -0.05) is 23.2 Å². The van der Waals surface area contributed by atoms with E-state index in [-0.39, 0.29) is 5.56 Å². The minimum atomic E-state index is -0.444.